The van der Waals surface area contributed by atoms with Crippen LogP contribution in [0.25, 0.3) is 22.0 Å². The summed E-state index contributed by atoms with van der Waals surface area (Å²) in [5.74, 6) is 1.69. The van der Waals surface area contributed by atoms with Gasteiger partial charge < -0.3 is 23.9 Å². The van der Waals surface area contributed by atoms with Gasteiger partial charge in [0.05, 0.1) is 25.8 Å². The van der Waals surface area contributed by atoms with Crippen LogP contribution in [0.2, 0.25) is 0 Å². The Morgan fingerprint density at radius 2 is 1.91 bits per heavy atom. The van der Waals surface area contributed by atoms with Crippen LogP contribution in [-0.2, 0) is 17.8 Å². The van der Waals surface area contributed by atoms with Gasteiger partial charge in [-0.3, -0.25) is 0 Å². The number of methoxy groups -OCH3 is 1. The third-order valence-electron chi connectivity index (χ3n) is 5.78. The number of nitrogens with one attached hydrogen (secondary N) is 1. The lowest BCUT2D eigenvalue weighted by molar-refractivity contribution is 0.0521. The van der Waals surface area contributed by atoms with Gasteiger partial charge in [0, 0.05) is 23.4 Å². The molecule has 0 saturated carbocycles. The molecule has 0 saturated heterocycles. The lowest BCUT2D eigenvalue weighted by atomic mass is 9.98. The van der Waals surface area contributed by atoms with Crippen LogP contribution in [0.15, 0.2) is 60.7 Å². The first-order chi connectivity index (χ1) is 16.2. The van der Waals surface area contributed by atoms with Gasteiger partial charge in [0.15, 0.2) is 11.5 Å². The number of hydrogen-bond acceptors (Lipinski definition) is 5. The molecule has 0 radical (unpaired) electrons. The van der Waals surface area contributed by atoms with Gasteiger partial charge in [0.1, 0.15) is 18.1 Å². The predicted molar refractivity (Wildman–Crippen MR) is 126 cm³/mol. The molecule has 0 amide bonds. The zero-order chi connectivity index (χ0) is 22.8. The Bertz CT molecular complexity index is 1310. The number of rotatable bonds is 7. The van der Waals surface area contributed by atoms with Crippen LogP contribution in [0, 0.1) is 0 Å². The number of benzene rings is 3. The van der Waals surface area contributed by atoms with Crippen LogP contribution in [-0.4, -0.2) is 31.3 Å². The normalized spacial score (nSPS) is 12.3. The Morgan fingerprint density at radius 3 is 2.70 bits per heavy atom. The number of fused-ring (bicyclic) bond motifs is 2. The quantitative estimate of drug-likeness (QED) is 0.380. The van der Waals surface area contributed by atoms with Gasteiger partial charge in [-0.05, 0) is 41.8 Å². The molecule has 0 spiro atoms. The summed E-state index contributed by atoms with van der Waals surface area (Å²) in [6.45, 7) is 3.17. The Labute approximate surface area is 192 Å². The van der Waals surface area contributed by atoms with Crippen molar-refractivity contribution < 1.29 is 23.7 Å². The molecular weight excluding hydrogens is 418 g/mol. The second kappa shape index (κ2) is 8.90. The highest BCUT2D eigenvalue weighted by atomic mass is 16.5. The molecule has 3 aromatic carbocycles. The van der Waals surface area contributed by atoms with E-state index >= 15 is 0 Å². The van der Waals surface area contributed by atoms with E-state index in [0.29, 0.717) is 37.0 Å². The molecule has 1 N–H and O–H groups in total. The van der Waals surface area contributed by atoms with Gasteiger partial charge in [0.2, 0.25) is 0 Å². The fourth-order valence-electron chi connectivity index (χ4n) is 4.21. The van der Waals surface area contributed by atoms with Crippen LogP contribution in [0.4, 0.5) is 0 Å². The largest absolute Gasteiger partial charge is 0.493 e. The third kappa shape index (κ3) is 4.00. The maximum absolute atomic E-state index is 12.9. The van der Waals surface area contributed by atoms with E-state index in [9.17, 15) is 4.79 Å². The minimum atomic E-state index is -0.397. The molecule has 168 valence electrons. The summed E-state index contributed by atoms with van der Waals surface area (Å²) in [5, 5.41) is 0.862. The summed E-state index contributed by atoms with van der Waals surface area (Å²) < 4.78 is 22.7. The molecule has 2 heterocycles. The number of H-pyrrole nitrogens is 1. The first-order valence-electron chi connectivity index (χ1n) is 11.0. The first kappa shape index (κ1) is 20.9. The number of ether oxygens (including phenoxy) is 4. The average Bonchev–Trinajstić information content (AvgIpc) is 3.46. The van der Waals surface area contributed by atoms with Crippen molar-refractivity contribution in [2.45, 2.75) is 20.0 Å². The van der Waals surface area contributed by atoms with Gasteiger partial charge in [-0.25, -0.2) is 4.79 Å². The summed E-state index contributed by atoms with van der Waals surface area (Å²) in [4.78, 5) is 16.1. The van der Waals surface area contributed by atoms with E-state index in [2.05, 4.69) is 11.1 Å². The lowest BCUT2D eigenvalue weighted by Gasteiger charge is -2.12. The van der Waals surface area contributed by atoms with Gasteiger partial charge in [-0.2, -0.15) is 0 Å². The molecule has 6 heteroatoms. The summed E-state index contributed by atoms with van der Waals surface area (Å²) in [5.41, 5.74) is 5.08. The topological polar surface area (TPSA) is 69.8 Å². The summed E-state index contributed by atoms with van der Waals surface area (Å²) in [6.07, 6.45) is 0.848. The van der Waals surface area contributed by atoms with E-state index < -0.39 is 5.97 Å². The van der Waals surface area contributed by atoms with E-state index in [4.69, 9.17) is 18.9 Å². The minimum absolute atomic E-state index is 0.292. The van der Waals surface area contributed by atoms with Crippen molar-refractivity contribution in [3.05, 3.63) is 77.5 Å². The molecule has 0 bridgehead atoms. The standard InChI is InChI=1S/C27H25NO5/c1-3-31-27(29)26-25(19-9-10-22-18(13-19)11-12-32-22)20-14-23(30-2)24(15-21(20)28-26)33-16-17-7-5-4-6-8-17/h4-10,13-15,28H,3,11-12,16H2,1-2H3. The molecule has 0 atom stereocenters. The molecular formula is C27H25NO5. The fourth-order valence-corrected chi connectivity index (χ4v) is 4.21. The molecule has 6 nitrogen and oxygen atoms in total. The second-order valence-electron chi connectivity index (χ2n) is 7.84. The van der Waals surface area contributed by atoms with Crippen LogP contribution in [0.3, 0.4) is 0 Å². The zero-order valence-corrected chi connectivity index (χ0v) is 18.6. The molecule has 1 aromatic heterocycles. The number of carbonyl (C=O) groups is 1. The molecule has 1 aliphatic rings. The third-order valence-corrected chi connectivity index (χ3v) is 5.78. The SMILES string of the molecule is CCOC(=O)c1[nH]c2cc(OCc3ccccc3)c(OC)cc2c1-c1ccc2c(c1)CCO2. The van der Waals surface area contributed by atoms with Crippen LogP contribution >= 0.6 is 0 Å². The van der Waals surface area contributed by atoms with Crippen molar-refractivity contribution in [1.82, 2.24) is 4.98 Å². The molecule has 0 fully saturated rings. The fraction of sp³-hybridized carbons (Fsp3) is 0.222. The number of aromatic nitrogens is 1. The van der Waals surface area contributed by atoms with Crippen molar-refractivity contribution in [2.75, 3.05) is 20.3 Å². The maximum atomic E-state index is 12.9. The monoisotopic (exact) mass is 443 g/mol. The Morgan fingerprint density at radius 1 is 1.06 bits per heavy atom. The average molecular weight is 443 g/mol. The number of esters is 1. The summed E-state index contributed by atoms with van der Waals surface area (Å²) in [6, 6.07) is 19.7. The van der Waals surface area contributed by atoms with Gasteiger partial charge in [0.25, 0.3) is 0 Å². The Balaban J connectivity index is 1.61. The highest BCUT2D eigenvalue weighted by Gasteiger charge is 2.24. The van der Waals surface area contributed by atoms with E-state index in [1.165, 1.54) is 0 Å². The van der Waals surface area contributed by atoms with Crippen LogP contribution < -0.4 is 14.2 Å². The zero-order valence-electron chi connectivity index (χ0n) is 18.6. The molecule has 4 aromatic rings. The highest BCUT2D eigenvalue weighted by molar-refractivity contribution is 6.09. The maximum Gasteiger partial charge on any atom is 0.355 e. The first-order valence-corrected chi connectivity index (χ1v) is 11.0. The van der Waals surface area contributed by atoms with Crippen molar-refractivity contribution in [3.63, 3.8) is 0 Å². The summed E-state index contributed by atoms with van der Waals surface area (Å²) in [7, 11) is 1.61. The Hall–Kier alpha value is -3.93. The molecule has 0 unspecified atom stereocenters. The molecule has 5 rings (SSSR count). The molecule has 1 aliphatic heterocycles. The van der Waals surface area contributed by atoms with E-state index in [1.54, 1.807) is 14.0 Å². The second-order valence-corrected chi connectivity index (χ2v) is 7.84. The van der Waals surface area contributed by atoms with Crippen molar-refractivity contribution in [3.8, 4) is 28.4 Å². The lowest BCUT2D eigenvalue weighted by Crippen LogP contribution is -2.06. The molecule has 0 aliphatic carbocycles. The predicted octanol–water partition coefficient (Wildman–Crippen LogP) is 5.53. The van der Waals surface area contributed by atoms with Gasteiger partial charge >= 0.3 is 5.97 Å². The smallest absolute Gasteiger partial charge is 0.355 e. The van der Waals surface area contributed by atoms with Crippen molar-refractivity contribution in [2.24, 2.45) is 0 Å². The number of hydrogen-bond donors (Lipinski definition) is 1. The minimum Gasteiger partial charge on any atom is -0.493 e. The van der Waals surface area contributed by atoms with E-state index in [1.807, 2.05) is 54.6 Å². The number of aromatic amines is 1. The van der Waals surface area contributed by atoms with Crippen LogP contribution in [0.1, 0.15) is 28.5 Å². The number of carbonyl (C=O) groups excluding carboxylic acids is 1. The van der Waals surface area contributed by atoms with Crippen molar-refractivity contribution >= 4 is 16.9 Å². The summed E-state index contributed by atoms with van der Waals surface area (Å²) >= 11 is 0. The van der Waals surface area contributed by atoms with Gasteiger partial charge in [-0.15, -0.1) is 0 Å². The van der Waals surface area contributed by atoms with E-state index in [0.717, 1.165) is 45.3 Å². The highest BCUT2D eigenvalue weighted by Crippen LogP contribution is 2.41. The van der Waals surface area contributed by atoms with Gasteiger partial charge in [-0.1, -0.05) is 36.4 Å². The van der Waals surface area contributed by atoms with Crippen molar-refractivity contribution in [1.29, 1.82) is 0 Å². The van der Waals surface area contributed by atoms with E-state index in [-0.39, 0.29) is 0 Å². The molecule has 33 heavy (non-hydrogen) atoms. The Kier molecular flexibility index (Phi) is 5.65. The van der Waals surface area contributed by atoms with Crippen LogP contribution in [0.5, 0.6) is 17.2 Å².